The van der Waals surface area contributed by atoms with Gasteiger partial charge in [0.15, 0.2) is 6.10 Å². The van der Waals surface area contributed by atoms with Crippen molar-refractivity contribution < 1.29 is 28.6 Å². The average molecular weight is 534 g/mol. The summed E-state index contributed by atoms with van der Waals surface area (Å²) in [5, 5.41) is 12.4. The maximum absolute atomic E-state index is 13.3. The molecule has 0 spiro atoms. The molecule has 37 heavy (non-hydrogen) atoms. The number of carbonyl (C=O) groups excluding carboxylic acids is 2. The number of nitrogens with one attached hydrogen (secondary N) is 1. The Morgan fingerprint density at radius 3 is 2.54 bits per heavy atom. The fourth-order valence-electron chi connectivity index (χ4n) is 4.33. The Balaban J connectivity index is 1.51. The van der Waals surface area contributed by atoms with E-state index in [0.29, 0.717) is 30.7 Å². The lowest BCUT2D eigenvalue weighted by molar-refractivity contribution is -0.147. The Kier molecular flexibility index (Phi) is 9.88. The van der Waals surface area contributed by atoms with E-state index in [-0.39, 0.29) is 35.7 Å². The van der Waals surface area contributed by atoms with Gasteiger partial charge in [0.2, 0.25) is 11.8 Å². The number of likely N-dealkylation sites (tertiary alicyclic amines) is 1. The summed E-state index contributed by atoms with van der Waals surface area (Å²) in [5.41, 5.74) is 7.65. The monoisotopic (exact) mass is 533 g/mol. The van der Waals surface area contributed by atoms with Gasteiger partial charge in [0, 0.05) is 36.5 Å². The third kappa shape index (κ3) is 7.90. The first kappa shape index (κ1) is 28.4. The van der Waals surface area contributed by atoms with Crippen molar-refractivity contribution in [2.75, 3.05) is 6.54 Å². The van der Waals surface area contributed by atoms with Crippen LogP contribution in [0.4, 0.5) is 4.39 Å². The number of benzene rings is 2. The molecule has 1 unspecified atom stereocenters. The van der Waals surface area contributed by atoms with Gasteiger partial charge in [-0.15, -0.1) is 0 Å². The first-order valence-electron chi connectivity index (χ1n) is 12.3. The van der Waals surface area contributed by atoms with Gasteiger partial charge in [-0.2, -0.15) is 0 Å². The number of nitrogens with zero attached hydrogens (tertiary/aromatic N) is 1. The number of rotatable bonds is 11. The summed E-state index contributed by atoms with van der Waals surface area (Å²) >= 11 is 6.07. The lowest BCUT2D eigenvalue weighted by Crippen LogP contribution is -2.47. The van der Waals surface area contributed by atoms with E-state index < -0.39 is 30.0 Å². The van der Waals surface area contributed by atoms with Crippen molar-refractivity contribution in [1.82, 2.24) is 10.2 Å². The molecule has 2 aromatic rings. The minimum atomic E-state index is -1.03. The maximum atomic E-state index is 13.3. The number of carbonyl (C=O) groups is 3. The molecule has 0 bridgehead atoms. The Hall–Kier alpha value is -3.17. The highest BCUT2D eigenvalue weighted by Crippen LogP contribution is 2.22. The number of hydrogen-bond acceptors (Lipinski definition) is 5. The number of ether oxygens (including phenoxy) is 1. The van der Waals surface area contributed by atoms with Gasteiger partial charge in [-0.25, -0.2) is 9.18 Å². The van der Waals surface area contributed by atoms with Crippen LogP contribution >= 0.6 is 11.6 Å². The van der Waals surface area contributed by atoms with E-state index in [1.54, 1.807) is 49.1 Å². The molecule has 0 aliphatic carbocycles. The molecule has 1 saturated heterocycles. The van der Waals surface area contributed by atoms with Crippen LogP contribution in [-0.4, -0.2) is 52.5 Å². The van der Waals surface area contributed by atoms with Gasteiger partial charge in [0.05, 0.1) is 0 Å². The largest absolute Gasteiger partial charge is 0.478 e. The summed E-state index contributed by atoms with van der Waals surface area (Å²) in [5.74, 6) is -1.67. The highest BCUT2D eigenvalue weighted by atomic mass is 35.5. The van der Waals surface area contributed by atoms with Crippen LogP contribution in [0, 0.1) is 11.7 Å². The van der Waals surface area contributed by atoms with Crippen LogP contribution in [0.5, 0.6) is 5.75 Å². The molecule has 1 heterocycles. The van der Waals surface area contributed by atoms with Gasteiger partial charge in [-0.3, -0.25) is 9.59 Å². The predicted octanol–water partition coefficient (Wildman–Crippen LogP) is 3.53. The summed E-state index contributed by atoms with van der Waals surface area (Å²) in [6.45, 7) is 4.28. The van der Waals surface area contributed by atoms with Gasteiger partial charge >= 0.3 is 5.97 Å². The highest BCUT2D eigenvalue weighted by Gasteiger charge is 2.34. The summed E-state index contributed by atoms with van der Waals surface area (Å²) < 4.78 is 18.8. The molecule has 0 radical (unpaired) electrons. The van der Waals surface area contributed by atoms with Gasteiger partial charge in [0.1, 0.15) is 17.6 Å². The molecule has 1 aliphatic heterocycles. The van der Waals surface area contributed by atoms with Crippen LogP contribution in [-0.2, 0) is 27.3 Å². The van der Waals surface area contributed by atoms with E-state index in [1.807, 2.05) is 0 Å². The lowest BCUT2D eigenvalue weighted by Gasteiger charge is -2.25. The van der Waals surface area contributed by atoms with Crippen molar-refractivity contribution in [3.8, 4) is 5.75 Å². The first-order valence-corrected chi connectivity index (χ1v) is 12.7. The smallest absolute Gasteiger partial charge is 0.345 e. The van der Waals surface area contributed by atoms with Crippen LogP contribution in [0.2, 0.25) is 5.02 Å². The van der Waals surface area contributed by atoms with Crippen molar-refractivity contribution in [3.05, 3.63) is 64.4 Å². The summed E-state index contributed by atoms with van der Waals surface area (Å²) in [6, 6.07) is 9.83. The van der Waals surface area contributed by atoms with Gasteiger partial charge < -0.3 is 25.8 Å². The van der Waals surface area contributed by atoms with Gasteiger partial charge in [0.25, 0.3) is 0 Å². The van der Waals surface area contributed by atoms with Crippen LogP contribution in [0.3, 0.4) is 0 Å². The number of carboxylic acid groups (broad SMARTS) is 1. The minimum absolute atomic E-state index is 0.0483. The molecule has 2 amide bonds. The second-order valence-electron chi connectivity index (χ2n) is 9.63. The molecule has 0 aromatic heterocycles. The second kappa shape index (κ2) is 12.9. The van der Waals surface area contributed by atoms with Crippen LogP contribution in [0.1, 0.15) is 44.2 Å². The molecule has 1 aliphatic rings. The number of halogens is 2. The van der Waals surface area contributed by atoms with Crippen LogP contribution in [0.25, 0.3) is 0 Å². The van der Waals surface area contributed by atoms with E-state index >= 15 is 0 Å². The molecule has 200 valence electrons. The van der Waals surface area contributed by atoms with E-state index in [9.17, 15) is 23.9 Å². The van der Waals surface area contributed by atoms with E-state index in [1.165, 1.54) is 12.1 Å². The molecule has 1 fully saturated rings. The molecule has 0 saturated carbocycles. The summed E-state index contributed by atoms with van der Waals surface area (Å²) in [7, 11) is 0. The molecular weight excluding hydrogens is 501 g/mol. The third-order valence-electron chi connectivity index (χ3n) is 6.31. The van der Waals surface area contributed by atoms with E-state index in [0.717, 1.165) is 12.0 Å². The predicted molar refractivity (Wildman–Crippen MR) is 138 cm³/mol. The fourth-order valence-corrected chi connectivity index (χ4v) is 4.58. The zero-order valence-corrected chi connectivity index (χ0v) is 21.7. The Morgan fingerprint density at radius 1 is 1.22 bits per heavy atom. The van der Waals surface area contributed by atoms with Crippen molar-refractivity contribution in [1.29, 1.82) is 0 Å². The zero-order valence-electron chi connectivity index (χ0n) is 21.0. The minimum Gasteiger partial charge on any atom is -0.478 e. The van der Waals surface area contributed by atoms with Crippen molar-refractivity contribution in [2.24, 2.45) is 11.7 Å². The van der Waals surface area contributed by atoms with Crippen molar-refractivity contribution in [2.45, 2.75) is 64.3 Å². The summed E-state index contributed by atoms with van der Waals surface area (Å²) in [6.07, 6.45) is 0.703. The number of amides is 2. The number of aliphatic carboxylic acids is 1. The standard InChI is InChI=1S/C27H33ClFN3O5/c1-16(2)25(27(35)36)37-21-9-5-17(6-10-21)15-31-26(34)23-4-3-11-32(23)24(33)14-20(30)12-18-7-8-19(29)13-22(18)28/h5-10,13,16,20,23,25H,3-4,11-12,14-15,30H2,1-2H3,(H,31,34)(H,35,36)/t20?,23-,25+/m0/s1. The Labute approximate surface area is 220 Å². The van der Waals surface area contributed by atoms with Gasteiger partial charge in [-0.1, -0.05) is 43.6 Å². The average Bonchev–Trinajstić information content (AvgIpc) is 3.33. The Morgan fingerprint density at radius 2 is 1.92 bits per heavy atom. The molecule has 3 rings (SSSR count). The molecular formula is C27H33ClFN3O5. The van der Waals surface area contributed by atoms with Gasteiger partial charge in [-0.05, 0) is 54.7 Å². The van der Waals surface area contributed by atoms with E-state index in [4.69, 9.17) is 22.1 Å². The summed E-state index contributed by atoms with van der Waals surface area (Å²) in [4.78, 5) is 38.7. The number of nitrogens with two attached hydrogens (primary N) is 1. The SMILES string of the molecule is CC(C)[C@@H](Oc1ccc(CNC(=O)[C@@H]2CCCN2C(=O)CC(N)Cc2ccc(F)cc2Cl)cc1)C(=O)O. The van der Waals surface area contributed by atoms with Crippen LogP contribution in [0.15, 0.2) is 42.5 Å². The topological polar surface area (TPSA) is 122 Å². The normalized spacial score (nSPS) is 16.9. The Bertz CT molecular complexity index is 1110. The lowest BCUT2D eigenvalue weighted by atomic mass is 10.0. The molecule has 3 atom stereocenters. The quantitative estimate of drug-likeness (QED) is 0.406. The zero-order chi connectivity index (χ0) is 27.1. The molecule has 2 aromatic carbocycles. The first-order chi connectivity index (χ1) is 17.5. The third-order valence-corrected chi connectivity index (χ3v) is 6.66. The van der Waals surface area contributed by atoms with Crippen molar-refractivity contribution >= 4 is 29.4 Å². The van der Waals surface area contributed by atoms with Crippen LogP contribution < -0.4 is 15.8 Å². The molecule has 8 nitrogen and oxygen atoms in total. The molecule has 10 heteroatoms. The fraction of sp³-hybridized carbons (Fsp3) is 0.444. The maximum Gasteiger partial charge on any atom is 0.345 e. The highest BCUT2D eigenvalue weighted by molar-refractivity contribution is 6.31. The van der Waals surface area contributed by atoms with Crippen molar-refractivity contribution in [3.63, 3.8) is 0 Å². The number of carboxylic acids is 1. The number of hydrogen-bond donors (Lipinski definition) is 3. The second-order valence-corrected chi connectivity index (χ2v) is 10.0. The molecule has 4 N–H and O–H groups in total. The van der Waals surface area contributed by atoms with E-state index in [2.05, 4.69) is 5.32 Å².